The average molecular weight is 639 g/mol. The van der Waals surface area contributed by atoms with Crippen LogP contribution < -0.4 is 27.8 Å². The molecule has 3 amide bonds. The molecule has 1 heterocycles. The summed E-state index contributed by atoms with van der Waals surface area (Å²) in [6, 6.07) is 23.6. The fraction of sp³-hybridized carbons (Fsp3) is 0.286. The standard InChI is InChI=1S/C35H42N8O4/c36-15-17-43(18-16-37)32(44)20-30(38)34(46)41-31(19-29-23-42(24-40-29)22-26-7-3-1-4-8-26)35(47)39-21-25-11-13-28(14-12-25)33(45)27-9-5-2-6-10-27/h1-14,23-24,30-31H,15-22,36-38H2,(H,39,47)(H,41,46)/t30-,31-/m0/s1. The molecule has 246 valence electrons. The Morgan fingerprint density at radius 3 is 2.04 bits per heavy atom. The van der Waals surface area contributed by atoms with Crippen LogP contribution in [0.1, 0.15) is 39.2 Å². The van der Waals surface area contributed by atoms with Crippen LogP contribution in [0.4, 0.5) is 0 Å². The minimum Gasteiger partial charge on any atom is -0.350 e. The van der Waals surface area contributed by atoms with Gasteiger partial charge in [-0.2, -0.15) is 0 Å². The summed E-state index contributed by atoms with van der Waals surface area (Å²) in [4.78, 5) is 58.1. The Hall–Kier alpha value is -5.17. The molecule has 1 aromatic heterocycles. The Balaban J connectivity index is 1.43. The number of aromatic nitrogens is 2. The smallest absolute Gasteiger partial charge is 0.243 e. The van der Waals surface area contributed by atoms with Crippen molar-refractivity contribution < 1.29 is 19.2 Å². The molecule has 0 fully saturated rings. The minimum atomic E-state index is -1.19. The van der Waals surface area contributed by atoms with Crippen LogP contribution in [0.5, 0.6) is 0 Å². The highest BCUT2D eigenvalue weighted by molar-refractivity contribution is 6.08. The van der Waals surface area contributed by atoms with Crippen molar-refractivity contribution in [1.82, 2.24) is 25.1 Å². The van der Waals surface area contributed by atoms with Crippen LogP contribution >= 0.6 is 0 Å². The minimum absolute atomic E-state index is 0.0943. The number of nitrogens with zero attached hydrogens (tertiary/aromatic N) is 3. The first-order valence-corrected chi connectivity index (χ1v) is 15.5. The topological polar surface area (TPSA) is 191 Å². The van der Waals surface area contributed by atoms with E-state index in [9.17, 15) is 19.2 Å². The molecule has 0 aliphatic heterocycles. The molecule has 8 N–H and O–H groups in total. The lowest BCUT2D eigenvalue weighted by molar-refractivity contribution is -0.135. The summed E-state index contributed by atoms with van der Waals surface area (Å²) in [5, 5.41) is 5.59. The van der Waals surface area contributed by atoms with Gasteiger partial charge in [-0.1, -0.05) is 84.9 Å². The van der Waals surface area contributed by atoms with Gasteiger partial charge in [0.2, 0.25) is 17.7 Å². The number of amides is 3. The molecule has 0 saturated heterocycles. The highest BCUT2D eigenvalue weighted by Gasteiger charge is 2.27. The summed E-state index contributed by atoms with van der Waals surface area (Å²) in [6.07, 6.45) is 3.32. The molecule has 3 aromatic carbocycles. The monoisotopic (exact) mass is 638 g/mol. The SMILES string of the molecule is NCCN(CCN)C(=O)C[C@H](N)C(=O)N[C@@H](Cc1cn(Cc2ccccc2)cn1)C(=O)NCc1ccc(C(=O)c2ccccc2)cc1. The fourth-order valence-corrected chi connectivity index (χ4v) is 5.02. The van der Waals surface area contributed by atoms with Crippen molar-refractivity contribution in [2.24, 2.45) is 17.2 Å². The van der Waals surface area contributed by atoms with Gasteiger partial charge in [-0.05, 0) is 11.1 Å². The van der Waals surface area contributed by atoms with Gasteiger partial charge in [-0.15, -0.1) is 0 Å². The average Bonchev–Trinajstić information content (AvgIpc) is 3.53. The summed E-state index contributed by atoms with van der Waals surface area (Å²) < 4.78 is 1.90. The Bertz CT molecular complexity index is 1600. The number of imidazole rings is 1. The Labute approximate surface area is 274 Å². The van der Waals surface area contributed by atoms with Gasteiger partial charge in [-0.3, -0.25) is 19.2 Å². The number of carbonyl (C=O) groups is 4. The molecule has 0 unspecified atom stereocenters. The lowest BCUT2D eigenvalue weighted by Crippen LogP contribution is -2.53. The Kier molecular flexibility index (Phi) is 12.9. The summed E-state index contributed by atoms with van der Waals surface area (Å²) in [5.41, 5.74) is 20.9. The van der Waals surface area contributed by atoms with Crippen molar-refractivity contribution in [2.45, 2.75) is 38.0 Å². The predicted octanol–water partition coefficient (Wildman–Crippen LogP) is 0.970. The van der Waals surface area contributed by atoms with Gasteiger partial charge < -0.3 is 37.3 Å². The normalized spacial score (nSPS) is 12.1. The number of benzene rings is 3. The maximum Gasteiger partial charge on any atom is 0.243 e. The zero-order valence-corrected chi connectivity index (χ0v) is 26.3. The van der Waals surface area contributed by atoms with Crippen molar-refractivity contribution in [2.75, 3.05) is 26.2 Å². The first-order valence-electron chi connectivity index (χ1n) is 15.5. The number of rotatable bonds is 17. The van der Waals surface area contributed by atoms with E-state index in [1.54, 1.807) is 42.7 Å². The van der Waals surface area contributed by atoms with E-state index in [0.717, 1.165) is 11.1 Å². The molecule has 4 aromatic rings. The van der Waals surface area contributed by atoms with Gasteiger partial charge in [-0.25, -0.2) is 4.98 Å². The van der Waals surface area contributed by atoms with E-state index < -0.39 is 23.9 Å². The van der Waals surface area contributed by atoms with Crippen LogP contribution in [0.15, 0.2) is 97.5 Å². The van der Waals surface area contributed by atoms with E-state index >= 15 is 0 Å². The zero-order chi connectivity index (χ0) is 33.6. The lowest BCUT2D eigenvalue weighted by Gasteiger charge is -2.24. The van der Waals surface area contributed by atoms with E-state index in [-0.39, 0.29) is 44.2 Å². The van der Waals surface area contributed by atoms with Crippen LogP contribution in [0.2, 0.25) is 0 Å². The first kappa shape index (κ1) is 34.7. The second kappa shape index (κ2) is 17.5. The van der Waals surface area contributed by atoms with Gasteiger partial charge in [0.15, 0.2) is 5.78 Å². The molecule has 2 atom stereocenters. The van der Waals surface area contributed by atoms with Gasteiger partial charge in [0, 0.05) is 63.0 Å². The number of carbonyl (C=O) groups excluding carboxylic acids is 4. The molecule has 0 spiro atoms. The van der Waals surface area contributed by atoms with Crippen LogP contribution in [-0.4, -0.2) is 76.2 Å². The molecule has 12 heteroatoms. The molecule has 0 saturated carbocycles. The summed E-state index contributed by atoms with van der Waals surface area (Å²) >= 11 is 0. The van der Waals surface area contributed by atoms with E-state index in [2.05, 4.69) is 15.6 Å². The fourth-order valence-electron chi connectivity index (χ4n) is 5.02. The Morgan fingerprint density at radius 2 is 1.40 bits per heavy atom. The van der Waals surface area contributed by atoms with Crippen LogP contribution in [0.25, 0.3) is 0 Å². The van der Waals surface area contributed by atoms with Gasteiger partial charge >= 0.3 is 0 Å². The lowest BCUT2D eigenvalue weighted by atomic mass is 10.0. The van der Waals surface area contributed by atoms with Crippen molar-refractivity contribution in [3.63, 3.8) is 0 Å². The quantitative estimate of drug-likeness (QED) is 0.106. The van der Waals surface area contributed by atoms with Crippen LogP contribution in [0, 0.1) is 0 Å². The Morgan fingerprint density at radius 1 is 0.787 bits per heavy atom. The molecule has 0 aliphatic carbocycles. The maximum atomic E-state index is 13.5. The second-order valence-electron chi connectivity index (χ2n) is 11.2. The highest BCUT2D eigenvalue weighted by atomic mass is 16.2. The molecular formula is C35H42N8O4. The zero-order valence-electron chi connectivity index (χ0n) is 26.3. The summed E-state index contributed by atoms with van der Waals surface area (Å²) in [7, 11) is 0. The third kappa shape index (κ3) is 10.4. The van der Waals surface area contributed by atoms with E-state index in [0.29, 0.717) is 36.5 Å². The number of ketones is 1. The van der Waals surface area contributed by atoms with Crippen LogP contribution in [0.3, 0.4) is 0 Å². The largest absolute Gasteiger partial charge is 0.350 e. The molecule has 4 rings (SSSR count). The van der Waals surface area contributed by atoms with Crippen molar-refractivity contribution in [3.05, 3.63) is 125 Å². The maximum absolute atomic E-state index is 13.5. The van der Waals surface area contributed by atoms with Gasteiger partial charge in [0.1, 0.15) is 6.04 Å². The molecule has 0 radical (unpaired) electrons. The number of nitrogens with two attached hydrogens (primary N) is 3. The predicted molar refractivity (Wildman–Crippen MR) is 179 cm³/mol. The highest BCUT2D eigenvalue weighted by Crippen LogP contribution is 2.12. The third-order valence-electron chi connectivity index (χ3n) is 7.54. The van der Waals surface area contributed by atoms with Crippen LogP contribution in [-0.2, 0) is 33.9 Å². The molecule has 12 nitrogen and oxygen atoms in total. The van der Waals surface area contributed by atoms with E-state index in [1.165, 1.54) is 4.90 Å². The molecule has 47 heavy (non-hydrogen) atoms. The number of hydrogen-bond donors (Lipinski definition) is 5. The summed E-state index contributed by atoms with van der Waals surface area (Å²) in [5.74, 6) is -1.55. The van der Waals surface area contributed by atoms with Crippen molar-refractivity contribution in [1.29, 1.82) is 0 Å². The molecule has 0 aliphatic rings. The number of hydrogen-bond acceptors (Lipinski definition) is 8. The van der Waals surface area contributed by atoms with Crippen molar-refractivity contribution in [3.8, 4) is 0 Å². The molecule has 0 bridgehead atoms. The van der Waals surface area contributed by atoms with E-state index in [1.807, 2.05) is 59.3 Å². The number of nitrogens with one attached hydrogen (secondary N) is 2. The summed E-state index contributed by atoms with van der Waals surface area (Å²) in [6.45, 7) is 1.84. The van der Waals surface area contributed by atoms with Gasteiger partial charge in [0.25, 0.3) is 0 Å². The second-order valence-corrected chi connectivity index (χ2v) is 11.2. The van der Waals surface area contributed by atoms with E-state index in [4.69, 9.17) is 17.2 Å². The van der Waals surface area contributed by atoms with Gasteiger partial charge in [0.05, 0.1) is 24.5 Å². The third-order valence-corrected chi connectivity index (χ3v) is 7.54. The van der Waals surface area contributed by atoms with Crippen molar-refractivity contribution >= 4 is 23.5 Å². The first-order chi connectivity index (χ1) is 22.8. The molecular weight excluding hydrogens is 596 g/mol.